The molecule has 4 rings (SSSR count). The van der Waals surface area contributed by atoms with Crippen molar-refractivity contribution < 1.29 is 4.74 Å². The van der Waals surface area contributed by atoms with E-state index < -0.39 is 0 Å². The minimum Gasteiger partial charge on any atom is -0.382 e. The summed E-state index contributed by atoms with van der Waals surface area (Å²) in [6, 6.07) is 1.66. The number of guanidine groups is 1. The van der Waals surface area contributed by atoms with Gasteiger partial charge in [0.2, 0.25) is 0 Å². The zero-order chi connectivity index (χ0) is 20.9. The van der Waals surface area contributed by atoms with Gasteiger partial charge in [0.05, 0.1) is 0 Å². The zero-order valence-electron chi connectivity index (χ0n) is 19.4. The molecule has 3 fully saturated rings. The lowest BCUT2D eigenvalue weighted by molar-refractivity contribution is 0.0369. The van der Waals surface area contributed by atoms with Crippen LogP contribution in [-0.4, -0.2) is 82.0 Å². The molecule has 2 atom stereocenters. The lowest BCUT2D eigenvalue weighted by Crippen LogP contribution is -2.57. The van der Waals surface area contributed by atoms with Gasteiger partial charge in [-0.2, -0.15) is 0 Å². The Hall–Kier alpha value is -0.940. The molecule has 0 bridgehead atoms. The van der Waals surface area contributed by atoms with Crippen LogP contribution in [0.25, 0.3) is 0 Å². The predicted octanol–water partition coefficient (Wildman–Crippen LogP) is 2.56. The molecule has 0 radical (unpaired) electrons. The molecule has 1 saturated carbocycles. The van der Waals surface area contributed by atoms with E-state index in [1.807, 2.05) is 25.5 Å². The topological polar surface area (TPSA) is 70.8 Å². The number of aliphatic imine (C=N–C) groups is 1. The van der Waals surface area contributed by atoms with Crippen LogP contribution >= 0.6 is 24.0 Å². The van der Waals surface area contributed by atoms with Gasteiger partial charge in [-0.05, 0) is 64.8 Å². The SMILES string of the molecule is CCOCCCNC(=NCc1nnc(C)n1C)N1CCC2C(CCCN2C2CC2)C1.I. The van der Waals surface area contributed by atoms with E-state index in [9.17, 15) is 0 Å². The molecule has 1 aromatic heterocycles. The third-order valence-corrected chi connectivity index (χ3v) is 6.93. The van der Waals surface area contributed by atoms with E-state index in [0.717, 1.165) is 74.9 Å². The third-order valence-electron chi connectivity index (χ3n) is 6.93. The molecule has 0 amide bonds. The van der Waals surface area contributed by atoms with E-state index in [-0.39, 0.29) is 24.0 Å². The fourth-order valence-electron chi connectivity index (χ4n) is 5.01. The van der Waals surface area contributed by atoms with Crippen molar-refractivity contribution in [2.24, 2.45) is 18.0 Å². The van der Waals surface area contributed by atoms with Crippen LogP contribution in [-0.2, 0) is 18.3 Å². The van der Waals surface area contributed by atoms with E-state index in [1.54, 1.807) is 0 Å². The summed E-state index contributed by atoms with van der Waals surface area (Å²) in [5.41, 5.74) is 0. The second kappa shape index (κ2) is 11.8. The second-order valence-electron chi connectivity index (χ2n) is 9.01. The summed E-state index contributed by atoms with van der Waals surface area (Å²) >= 11 is 0. The van der Waals surface area contributed by atoms with Gasteiger partial charge in [-0.1, -0.05) is 0 Å². The average molecular weight is 546 g/mol. The van der Waals surface area contributed by atoms with Crippen molar-refractivity contribution in [3.8, 4) is 0 Å². The largest absolute Gasteiger partial charge is 0.382 e. The number of rotatable bonds is 8. The first-order valence-electron chi connectivity index (χ1n) is 11.9. The summed E-state index contributed by atoms with van der Waals surface area (Å²) in [6.45, 7) is 10.5. The highest BCUT2D eigenvalue weighted by molar-refractivity contribution is 14.0. The van der Waals surface area contributed by atoms with Crippen molar-refractivity contribution >= 4 is 29.9 Å². The van der Waals surface area contributed by atoms with Gasteiger partial charge in [-0.3, -0.25) is 4.90 Å². The first kappa shape index (κ1) is 24.7. The van der Waals surface area contributed by atoms with Crippen molar-refractivity contribution in [2.75, 3.05) is 39.4 Å². The van der Waals surface area contributed by atoms with E-state index in [1.165, 1.54) is 38.6 Å². The fraction of sp³-hybridized carbons (Fsp3) is 0.864. The average Bonchev–Trinajstić information content (AvgIpc) is 3.56. The molecule has 31 heavy (non-hydrogen) atoms. The van der Waals surface area contributed by atoms with Crippen LogP contribution in [0.15, 0.2) is 4.99 Å². The molecule has 2 aliphatic heterocycles. The van der Waals surface area contributed by atoms with Gasteiger partial charge < -0.3 is 19.5 Å². The number of nitrogens with one attached hydrogen (secondary N) is 1. The molecule has 0 spiro atoms. The summed E-state index contributed by atoms with van der Waals surface area (Å²) in [5.74, 6) is 3.62. The summed E-state index contributed by atoms with van der Waals surface area (Å²) in [6.07, 6.45) is 7.77. The highest BCUT2D eigenvalue weighted by atomic mass is 127. The molecule has 2 unspecified atom stereocenters. The summed E-state index contributed by atoms with van der Waals surface area (Å²) in [4.78, 5) is 10.3. The third kappa shape index (κ3) is 6.31. The Morgan fingerprint density at radius 2 is 2.03 bits per heavy atom. The molecule has 2 saturated heterocycles. The Bertz CT molecular complexity index is 721. The number of piperidine rings is 2. The molecule has 3 heterocycles. The standard InChI is InChI=1S/C22H39N7O.HI/c1-4-30-14-6-11-23-22(24-15-21-26-25-17(2)27(21)3)28-13-10-20-18(16-28)7-5-12-29(20)19-8-9-19;/h18-20H,4-16H2,1-3H3,(H,23,24);1H. The number of nitrogens with zero attached hydrogens (tertiary/aromatic N) is 6. The minimum atomic E-state index is 0. The van der Waals surface area contributed by atoms with Crippen LogP contribution in [0.4, 0.5) is 0 Å². The Balaban J connectivity index is 0.00000272. The fourth-order valence-corrected chi connectivity index (χ4v) is 5.01. The minimum absolute atomic E-state index is 0. The Morgan fingerprint density at radius 3 is 2.74 bits per heavy atom. The van der Waals surface area contributed by atoms with Crippen molar-refractivity contribution in [3.63, 3.8) is 0 Å². The number of aromatic nitrogens is 3. The molecular formula is C22H40IN7O. The van der Waals surface area contributed by atoms with Crippen molar-refractivity contribution in [2.45, 2.75) is 71.0 Å². The maximum atomic E-state index is 5.50. The smallest absolute Gasteiger partial charge is 0.194 e. The van der Waals surface area contributed by atoms with Gasteiger partial charge in [-0.15, -0.1) is 34.2 Å². The zero-order valence-corrected chi connectivity index (χ0v) is 21.8. The van der Waals surface area contributed by atoms with E-state index >= 15 is 0 Å². The van der Waals surface area contributed by atoms with Crippen molar-refractivity contribution in [3.05, 3.63) is 11.6 Å². The number of fused-ring (bicyclic) bond motifs is 1. The number of hydrogen-bond donors (Lipinski definition) is 1. The summed E-state index contributed by atoms with van der Waals surface area (Å²) < 4.78 is 7.52. The number of halogens is 1. The quantitative estimate of drug-likeness (QED) is 0.235. The maximum Gasteiger partial charge on any atom is 0.194 e. The van der Waals surface area contributed by atoms with Gasteiger partial charge in [0.1, 0.15) is 12.4 Å². The van der Waals surface area contributed by atoms with Gasteiger partial charge in [0.15, 0.2) is 11.8 Å². The maximum absolute atomic E-state index is 5.50. The van der Waals surface area contributed by atoms with Crippen LogP contribution in [0, 0.1) is 12.8 Å². The normalized spacial score (nSPS) is 24.6. The van der Waals surface area contributed by atoms with Crippen molar-refractivity contribution in [1.82, 2.24) is 29.9 Å². The van der Waals surface area contributed by atoms with Crippen LogP contribution in [0.3, 0.4) is 0 Å². The van der Waals surface area contributed by atoms with Crippen molar-refractivity contribution in [1.29, 1.82) is 0 Å². The first-order valence-corrected chi connectivity index (χ1v) is 11.9. The molecular weight excluding hydrogens is 505 g/mol. The number of aryl methyl sites for hydroxylation is 1. The highest BCUT2D eigenvalue weighted by Gasteiger charge is 2.42. The molecule has 1 aromatic rings. The van der Waals surface area contributed by atoms with E-state index in [4.69, 9.17) is 9.73 Å². The highest BCUT2D eigenvalue weighted by Crippen LogP contribution is 2.38. The summed E-state index contributed by atoms with van der Waals surface area (Å²) in [5, 5.41) is 12.1. The monoisotopic (exact) mass is 545 g/mol. The molecule has 3 aliphatic rings. The number of hydrogen-bond acceptors (Lipinski definition) is 5. The van der Waals surface area contributed by atoms with Gasteiger partial charge >= 0.3 is 0 Å². The number of ether oxygens (including phenoxy) is 1. The van der Waals surface area contributed by atoms with Crippen LogP contribution in [0.1, 0.15) is 57.1 Å². The van der Waals surface area contributed by atoms with Gasteiger partial charge in [-0.25, -0.2) is 4.99 Å². The molecule has 8 nitrogen and oxygen atoms in total. The number of likely N-dealkylation sites (tertiary alicyclic amines) is 2. The first-order chi connectivity index (χ1) is 14.7. The Kier molecular flexibility index (Phi) is 9.39. The Labute approximate surface area is 204 Å². The molecule has 1 aliphatic carbocycles. The van der Waals surface area contributed by atoms with Crippen LogP contribution in [0.5, 0.6) is 0 Å². The van der Waals surface area contributed by atoms with E-state index in [2.05, 4.69) is 25.3 Å². The Morgan fingerprint density at radius 1 is 1.19 bits per heavy atom. The summed E-state index contributed by atoms with van der Waals surface area (Å²) in [7, 11) is 2.01. The second-order valence-corrected chi connectivity index (χ2v) is 9.01. The molecule has 176 valence electrons. The van der Waals surface area contributed by atoms with Gasteiger partial charge in [0.25, 0.3) is 0 Å². The molecule has 9 heteroatoms. The van der Waals surface area contributed by atoms with Crippen LogP contribution < -0.4 is 5.32 Å². The van der Waals surface area contributed by atoms with E-state index in [0.29, 0.717) is 6.54 Å². The van der Waals surface area contributed by atoms with Crippen LogP contribution in [0.2, 0.25) is 0 Å². The molecule has 0 aromatic carbocycles. The lowest BCUT2D eigenvalue weighted by atomic mass is 9.83. The van der Waals surface area contributed by atoms with Gasteiger partial charge in [0, 0.05) is 52.0 Å². The molecule has 1 N–H and O–H groups in total. The lowest BCUT2D eigenvalue weighted by Gasteiger charge is -2.48. The predicted molar refractivity (Wildman–Crippen MR) is 134 cm³/mol.